The number of rotatable bonds is 4. The molecule has 0 aliphatic heterocycles. The second kappa shape index (κ2) is 11.4. The second-order valence-electron chi connectivity index (χ2n) is 16.8. The van der Waals surface area contributed by atoms with E-state index in [9.17, 15) is 0 Å². The van der Waals surface area contributed by atoms with Crippen LogP contribution in [0, 0.1) is 23.7 Å². The Morgan fingerprint density at radius 1 is 0.556 bits per heavy atom. The fraction of sp³-hybridized carbons (Fsp3) is 0.208. The molecule has 0 atom stereocenters. The van der Waals surface area contributed by atoms with Crippen LogP contribution < -0.4 is 0 Å². The summed E-state index contributed by atoms with van der Waals surface area (Å²) in [6, 6.07) is 46.8. The first kappa shape index (κ1) is 31.1. The zero-order valence-corrected chi connectivity index (χ0v) is 31.6. The minimum Gasteiger partial charge on any atom is -0.135 e. The quantitative estimate of drug-likeness (QED) is 0.171. The van der Waals surface area contributed by atoms with Crippen LogP contribution in [0.2, 0.25) is 0 Å². The van der Waals surface area contributed by atoms with E-state index in [1.54, 1.807) is 11.1 Å². The monoisotopic (exact) mass is 710 g/mol. The summed E-state index contributed by atoms with van der Waals surface area (Å²) in [6.45, 7) is 6.64. The lowest BCUT2D eigenvalue weighted by Crippen LogP contribution is -2.55. The van der Waals surface area contributed by atoms with Crippen LogP contribution in [0.1, 0.15) is 61.3 Å². The number of hydrogen-bond donors (Lipinski definition) is 0. The Balaban J connectivity index is 1.12. The van der Waals surface area contributed by atoms with E-state index in [1.165, 1.54) is 118 Å². The summed E-state index contributed by atoms with van der Waals surface area (Å²) in [5.74, 6) is 3.39. The molecule has 13 rings (SSSR count). The van der Waals surface area contributed by atoms with E-state index in [0.29, 0.717) is 0 Å². The van der Waals surface area contributed by atoms with E-state index >= 15 is 0 Å². The summed E-state index contributed by atoms with van der Waals surface area (Å²) in [5, 5.41) is 7.94. The van der Waals surface area contributed by atoms with Gasteiger partial charge in [-0.05, 0) is 164 Å². The van der Waals surface area contributed by atoms with E-state index in [4.69, 9.17) is 0 Å². The van der Waals surface area contributed by atoms with Gasteiger partial charge in [-0.15, -0.1) is 11.3 Å². The van der Waals surface area contributed by atoms with Gasteiger partial charge >= 0.3 is 0 Å². The number of fused-ring (bicyclic) bond motifs is 9. The fourth-order valence-corrected chi connectivity index (χ4v) is 13.7. The van der Waals surface area contributed by atoms with Crippen molar-refractivity contribution in [1.29, 1.82) is 0 Å². The van der Waals surface area contributed by atoms with Gasteiger partial charge in [0.05, 0.1) is 0 Å². The van der Waals surface area contributed by atoms with E-state index < -0.39 is 0 Å². The first-order chi connectivity index (χ1) is 26.6. The van der Waals surface area contributed by atoms with Crippen LogP contribution in [-0.2, 0) is 5.41 Å². The van der Waals surface area contributed by atoms with Crippen LogP contribution in [0.5, 0.6) is 0 Å². The first-order valence-corrected chi connectivity index (χ1v) is 20.9. The van der Waals surface area contributed by atoms with Gasteiger partial charge in [-0.1, -0.05) is 122 Å². The molecule has 0 unspecified atom stereocenters. The molecule has 4 saturated carbocycles. The van der Waals surface area contributed by atoms with Crippen molar-refractivity contribution in [3.8, 4) is 33.4 Å². The van der Waals surface area contributed by atoms with Crippen molar-refractivity contribution in [2.45, 2.75) is 44.4 Å². The minimum atomic E-state index is 0.165. The number of benzene rings is 7. The highest BCUT2D eigenvalue weighted by atomic mass is 32.1. The molecule has 0 nitrogen and oxygen atoms in total. The molecule has 7 aromatic carbocycles. The molecule has 4 fully saturated rings. The Bertz CT molecular complexity index is 2900. The van der Waals surface area contributed by atoms with Crippen molar-refractivity contribution in [2.24, 2.45) is 23.7 Å². The summed E-state index contributed by atoms with van der Waals surface area (Å²) in [5.41, 5.74) is 13.9. The molecule has 0 saturated heterocycles. The largest absolute Gasteiger partial charge is 0.135 e. The summed E-state index contributed by atoms with van der Waals surface area (Å²) >= 11 is 1.88. The van der Waals surface area contributed by atoms with Crippen molar-refractivity contribution in [2.75, 3.05) is 0 Å². The SMILES string of the molecule is C=Cc1c(/C=C\C)c(-c2ccc3sc4ccccc4c3c2)c2ccccc2c1-c1ccc2ccc3c(c2c1)-c1ccccc1C31C2CC3CC(C2)CC1C3. The molecule has 5 aliphatic carbocycles. The predicted octanol–water partition coefficient (Wildman–Crippen LogP) is 15.1. The summed E-state index contributed by atoms with van der Waals surface area (Å²) in [4.78, 5) is 0. The normalized spacial score (nSPS) is 23.7. The standard InChI is InChI=1S/C53H42S/c1-3-11-40-38(4-2)50(41-13-5-6-14-42(41)51(40)35-21-23-49-45(30-35)39-12-8-10-17-48(39)54-49)34-19-18-33-20-22-47-52(44(33)29-34)43-15-7-9-16-46(43)53(47)36-25-31-24-32(27-36)28-37(53)26-31/h3-23,29-32,36-37H,2,24-28H2,1H3/b11-3-. The molecule has 4 bridgehead atoms. The Hall–Kier alpha value is -5.24. The third-order valence-electron chi connectivity index (χ3n) is 14.3. The summed E-state index contributed by atoms with van der Waals surface area (Å²) in [7, 11) is 0. The third-order valence-corrected chi connectivity index (χ3v) is 15.5. The summed E-state index contributed by atoms with van der Waals surface area (Å²) in [6.07, 6.45) is 13.7. The molecular weight excluding hydrogens is 669 g/mol. The zero-order valence-electron chi connectivity index (χ0n) is 30.7. The molecule has 260 valence electrons. The maximum atomic E-state index is 4.50. The van der Waals surface area contributed by atoms with E-state index in [1.807, 2.05) is 11.3 Å². The predicted molar refractivity (Wildman–Crippen MR) is 233 cm³/mol. The Morgan fingerprint density at radius 3 is 1.91 bits per heavy atom. The van der Waals surface area contributed by atoms with Gasteiger partial charge in [-0.3, -0.25) is 0 Å². The number of allylic oxidation sites excluding steroid dienone is 1. The van der Waals surface area contributed by atoms with Gasteiger partial charge in [0, 0.05) is 25.6 Å². The van der Waals surface area contributed by atoms with Crippen molar-refractivity contribution >= 4 is 65.2 Å². The minimum absolute atomic E-state index is 0.165. The van der Waals surface area contributed by atoms with Crippen LogP contribution in [0.25, 0.3) is 87.2 Å². The molecule has 1 spiro atoms. The van der Waals surface area contributed by atoms with Crippen LogP contribution in [0.15, 0.2) is 134 Å². The van der Waals surface area contributed by atoms with Crippen molar-refractivity contribution in [3.63, 3.8) is 0 Å². The molecule has 1 heterocycles. The zero-order chi connectivity index (χ0) is 35.7. The Kier molecular flexibility index (Phi) is 6.57. The highest BCUT2D eigenvalue weighted by molar-refractivity contribution is 7.25. The van der Waals surface area contributed by atoms with Crippen LogP contribution in [-0.4, -0.2) is 0 Å². The molecule has 1 heteroatoms. The van der Waals surface area contributed by atoms with Crippen molar-refractivity contribution < 1.29 is 0 Å². The smallest absolute Gasteiger partial charge is 0.0355 e. The molecular formula is C53H42S. The van der Waals surface area contributed by atoms with Gasteiger partial charge in [0.25, 0.3) is 0 Å². The fourth-order valence-electron chi connectivity index (χ4n) is 12.7. The van der Waals surface area contributed by atoms with E-state index in [2.05, 4.69) is 153 Å². The highest BCUT2D eigenvalue weighted by Gasteiger charge is 2.61. The van der Waals surface area contributed by atoms with E-state index in [-0.39, 0.29) is 5.41 Å². The topological polar surface area (TPSA) is 0 Å². The van der Waals surface area contributed by atoms with Gasteiger partial charge in [-0.25, -0.2) is 0 Å². The van der Waals surface area contributed by atoms with Crippen LogP contribution in [0.3, 0.4) is 0 Å². The highest BCUT2D eigenvalue weighted by Crippen LogP contribution is 2.70. The summed E-state index contributed by atoms with van der Waals surface area (Å²) < 4.78 is 2.67. The van der Waals surface area contributed by atoms with Gasteiger partial charge < -0.3 is 0 Å². The lowest BCUT2D eigenvalue weighted by molar-refractivity contribution is -0.0399. The van der Waals surface area contributed by atoms with Crippen LogP contribution in [0.4, 0.5) is 0 Å². The van der Waals surface area contributed by atoms with Crippen molar-refractivity contribution in [3.05, 3.63) is 156 Å². The lowest BCUT2D eigenvalue weighted by atomic mass is 9.43. The number of hydrogen-bond acceptors (Lipinski definition) is 1. The lowest BCUT2D eigenvalue weighted by Gasteiger charge is -2.61. The van der Waals surface area contributed by atoms with E-state index in [0.717, 1.165) is 23.7 Å². The molecule has 0 radical (unpaired) electrons. The molecule has 0 amide bonds. The Morgan fingerprint density at radius 2 is 1.17 bits per heavy atom. The molecule has 5 aliphatic rings. The first-order valence-electron chi connectivity index (χ1n) is 20.1. The van der Waals surface area contributed by atoms with Crippen LogP contribution >= 0.6 is 11.3 Å². The maximum absolute atomic E-state index is 4.50. The molecule has 54 heavy (non-hydrogen) atoms. The van der Waals surface area contributed by atoms with Gasteiger partial charge in [0.15, 0.2) is 0 Å². The molecule has 8 aromatic rings. The molecule has 0 N–H and O–H groups in total. The van der Waals surface area contributed by atoms with Crippen molar-refractivity contribution in [1.82, 2.24) is 0 Å². The Labute approximate surface area is 321 Å². The number of thiophene rings is 1. The average Bonchev–Trinajstić information content (AvgIpc) is 3.73. The van der Waals surface area contributed by atoms with Gasteiger partial charge in [-0.2, -0.15) is 0 Å². The third kappa shape index (κ3) is 4.04. The second-order valence-corrected chi connectivity index (χ2v) is 17.9. The average molecular weight is 711 g/mol. The van der Waals surface area contributed by atoms with Gasteiger partial charge in [0.2, 0.25) is 0 Å². The molecule has 1 aromatic heterocycles. The van der Waals surface area contributed by atoms with Gasteiger partial charge in [0.1, 0.15) is 0 Å². The maximum Gasteiger partial charge on any atom is 0.0355 e.